The van der Waals surface area contributed by atoms with E-state index in [9.17, 15) is 14.4 Å². The maximum Gasteiger partial charge on any atom is 0.338 e. The van der Waals surface area contributed by atoms with Crippen LogP contribution in [0.15, 0.2) is 24.3 Å². The highest BCUT2D eigenvalue weighted by atomic mass is 16.5. The summed E-state index contributed by atoms with van der Waals surface area (Å²) in [5.74, 6) is -1.12. The monoisotopic (exact) mass is 306 g/mol. The number of ether oxygens (including phenoxy) is 1. The van der Waals surface area contributed by atoms with Crippen LogP contribution in [0.25, 0.3) is 0 Å². The molecule has 0 saturated heterocycles. The second-order valence-corrected chi connectivity index (χ2v) is 4.90. The van der Waals surface area contributed by atoms with Crippen LogP contribution in [0.4, 0.5) is 5.69 Å². The van der Waals surface area contributed by atoms with E-state index in [0.717, 1.165) is 6.42 Å². The highest BCUT2D eigenvalue weighted by molar-refractivity contribution is 6.03. The van der Waals surface area contributed by atoms with Gasteiger partial charge in [0.25, 0.3) is 0 Å². The van der Waals surface area contributed by atoms with Gasteiger partial charge in [-0.1, -0.05) is 6.92 Å². The molecule has 6 nitrogen and oxygen atoms in total. The number of anilines is 1. The average molecular weight is 306 g/mol. The Hall–Kier alpha value is -2.37. The highest BCUT2D eigenvalue weighted by Crippen LogP contribution is 2.11. The van der Waals surface area contributed by atoms with Crippen molar-refractivity contribution in [3.05, 3.63) is 29.8 Å². The molecule has 22 heavy (non-hydrogen) atoms. The summed E-state index contributed by atoms with van der Waals surface area (Å²) >= 11 is 0. The molecular weight excluding hydrogens is 284 g/mol. The Bertz CT molecular complexity index is 525. The van der Waals surface area contributed by atoms with Gasteiger partial charge in [-0.25, -0.2) is 4.79 Å². The molecule has 1 rings (SSSR count). The fourth-order valence-corrected chi connectivity index (χ4v) is 1.68. The normalized spacial score (nSPS) is 11.4. The van der Waals surface area contributed by atoms with E-state index in [-0.39, 0.29) is 18.4 Å². The SMILES string of the molecule is CCOC(=O)c1ccc(NC(=O)CC(=O)NC(C)CC)cc1. The van der Waals surface area contributed by atoms with Crippen molar-refractivity contribution in [3.63, 3.8) is 0 Å². The minimum Gasteiger partial charge on any atom is -0.462 e. The lowest BCUT2D eigenvalue weighted by Crippen LogP contribution is -2.34. The molecule has 0 aliphatic rings. The van der Waals surface area contributed by atoms with E-state index in [2.05, 4.69) is 10.6 Å². The van der Waals surface area contributed by atoms with Gasteiger partial charge in [0.15, 0.2) is 0 Å². The molecule has 2 amide bonds. The van der Waals surface area contributed by atoms with Crippen LogP contribution in [0.1, 0.15) is 44.0 Å². The fraction of sp³-hybridized carbons (Fsp3) is 0.438. The zero-order valence-electron chi connectivity index (χ0n) is 13.1. The molecule has 1 aromatic carbocycles. The van der Waals surface area contributed by atoms with Gasteiger partial charge in [-0.05, 0) is 44.5 Å². The Morgan fingerprint density at radius 3 is 2.27 bits per heavy atom. The van der Waals surface area contributed by atoms with Crippen LogP contribution in [0, 0.1) is 0 Å². The van der Waals surface area contributed by atoms with Gasteiger partial charge in [-0.3, -0.25) is 9.59 Å². The number of amides is 2. The quantitative estimate of drug-likeness (QED) is 0.597. The molecule has 0 radical (unpaired) electrons. The summed E-state index contributed by atoms with van der Waals surface area (Å²) in [6.07, 6.45) is 0.576. The second-order valence-electron chi connectivity index (χ2n) is 4.90. The standard InChI is InChI=1S/C16H22N2O4/c1-4-11(3)17-14(19)10-15(20)18-13-8-6-12(7-9-13)16(21)22-5-2/h6-9,11H,4-5,10H2,1-3H3,(H,17,19)(H,18,20). The van der Waals surface area contributed by atoms with Crippen LogP contribution in [0.3, 0.4) is 0 Å². The number of esters is 1. The van der Waals surface area contributed by atoms with Crippen LogP contribution in [-0.2, 0) is 14.3 Å². The number of benzene rings is 1. The van der Waals surface area contributed by atoms with Gasteiger partial charge in [0.1, 0.15) is 6.42 Å². The van der Waals surface area contributed by atoms with Crippen LogP contribution >= 0.6 is 0 Å². The van der Waals surface area contributed by atoms with Crippen molar-refractivity contribution in [1.29, 1.82) is 0 Å². The van der Waals surface area contributed by atoms with Gasteiger partial charge < -0.3 is 15.4 Å². The number of nitrogens with one attached hydrogen (secondary N) is 2. The van der Waals surface area contributed by atoms with Crippen molar-refractivity contribution in [1.82, 2.24) is 5.32 Å². The van der Waals surface area contributed by atoms with E-state index < -0.39 is 11.9 Å². The largest absolute Gasteiger partial charge is 0.462 e. The lowest BCUT2D eigenvalue weighted by Gasteiger charge is -2.11. The summed E-state index contributed by atoms with van der Waals surface area (Å²) in [5.41, 5.74) is 0.934. The first-order chi connectivity index (χ1) is 10.5. The predicted octanol–water partition coefficient (Wildman–Crippen LogP) is 2.11. The van der Waals surface area contributed by atoms with Crippen molar-refractivity contribution in [2.75, 3.05) is 11.9 Å². The molecule has 0 heterocycles. The van der Waals surface area contributed by atoms with Gasteiger partial charge in [0.05, 0.1) is 12.2 Å². The van der Waals surface area contributed by atoms with Crippen LogP contribution in [0.5, 0.6) is 0 Å². The molecule has 0 aliphatic carbocycles. The Morgan fingerprint density at radius 2 is 1.73 bits per heavy atom. The highest BCUT2D eigenvalue weighted by Gasteiger charge is 2.12. The topological polar surface area (TPSA) is 84.5 Å². The maximum atomic E-state index is 11.8. The molecule has 2 N–H and O–H groups in total. The zero-order chi connectivity index (χ0) is 16.5. The van der Waals surface area contributed by atoms with E-state index in [1.807, 2.05) is 13.8 Å². The van der Waals surface area contributed by atoms with E-state index in [4.69, 9.17) is 4.74 Å². The first kappa shape index (κ1) is 17.7. The van der Waals surface area contributed by atoms with Crippen molar-refractivity contribution < 1.29 is 19.1 Å². The van der Waals surface area contributed by atoms with Gasteiger partial charge in [0.2, 0.25) is 11.8 Å². The van der Waals surface area contributed by atoms with Gasteiger partial charge >= 0.3 is 5.97 Å². The van der Waals surface area contributed by atoms with E-state index in [1.165, 1.54) is 0 Å². The minimum atomic E-state index is -0.409. The molecule has 0 aliphatic heterocycles. The molecule has 1 atom stereocenters. The Balaban J connectivity index is 2.51. The third-order valence-corrected chi connectivity index (χ3v) is 3.02. The Labute approximate surface area is 130 Å². The molecule has 1 unspecified atom stereocenters. The fourth-order valence-electron chi connectivity index (χ4n) is 1.68. The molecule has 6 heteroatoms. The van der Waals surface area contributed by atoms with E-state index in [1.54, 1.807) is 31.2 Å². The number of hydrogen-bond donors (Lipinski definition) is 2. The van der Waals surface area contributed by atoms with Crippen molar-refractivity contribution in [2.24, 2.45) is 0 Å². The average Bonchev–Trinajstić information content (AvgIpc) is 2.47. The van der Waals surface area contributed by atoms with Crippen molar-refractivity contribution in [3.8, 4) is 0 Å². The third-order valence-electron chi connectivity index (χ3n) is 3.02. The smallest absolute Gasteiger partial charge is 0.338 e. The first-order valence-electron chi connectivity index (χ1n) is 7.32. The van der Waals surface area contributed by atoms with Gasteiger partial charge in [-0.15, -0.1) is 0 Å². The summed E-state index contributed by atoms with van der Waals surface area (Å²) in [5, 5.41) is 5.33. The Kier molecular flexibility index (Phi) is 7.08. The van der Waals surface area contributed by atoms with E-state index >= 15 is 0 Å². The van der Waals surface area contributed by atoms with Crippen molar-refractivity contribution in [2.45, 2.75) is 39.7 Å². The van der Waals surface area contributed by atoms with Gasteiger partial charge in [-0.2, -0.15) is 0 Å². The van der Waals surface area contributed by atoms with Crippen molar-refractivity contribution >= 4 is 23.5 Å². The number of rotatable bonds is 7. The Morgan fingerprint density at radius 1 is 1.09 bits per heavy atom. The molecule has 1 aromatic rings. The lowest BCUT2D eigenvalue weighted by atomic mass is 10.2. The molecular formula is C16H22N2O4. The molecule has 0 fully saturated rings. The van der Waals surface area contributed by atoms with E-state index in [0.29, 0.717) is 17.9 Å². The van der Waals surface area contributed by atoms with Crippen LogP contribution in [0.2, 0.25) is 0 Å². The van der Waals surface area contributed by atoms with Crippen LogP contribution < -0.4 is 10.6 Å². The predicted molar refractivity (Wildman–Crippen MR) is 83.5 cm³/mol. The molecule has 0 spiro atoms. The number of carbonyl (C=O) groups excluding carboxylic acids is 3. The number of hydrogen-bond acceptors (Lipinski definition) is 4. The summed E-state index contributed by atoms with van der Waals surface area (Å²) in [7, 11) is 0. The summed E-state index contributed by atoms with van der Waals surface area (Å²) < 4.78 is 4.87. The summed E-state index contributed by atoms with van der Waals surface area (Å²) in [4.78, 5) is 34.8. The second kappa shape index (κ2) is 8.81. The molecule has 0 bridgehead atoms. The molecule has 120 valence electrons. The first-order valence-corrected chi connectivity index (χ1v) is 7.32. The third kappa shape index (κ3) is 5.95. The maximum absolute atomic E-state index is 11.8. The zero-order valence-corrected chi connectivity index (χ0v) is 13.1. The summed E-state index contributed by atoms with van der Waals surface area (Å²) in [6, 6.07) is 6.36. The van der Waals surface area contributed by atoms with Crippen LogP contribution in [-0.4, -0.2) is 30.4 Å². The van der Waals surface area contributed by atoms with Gasteiger partial charge in [0, 0.05) is 11.7 Å². The minimum absolute atomic E-state index is 0.0455. The molecule has 0 saturated carbocycles. The number of carbonyl (C=O) groups is 3. The molecule has 0 aromatic heterocycles. The summed E-state index contributed by atoms with van der Waals surface area (Å²) in [6.45, 7) is 5.87. The lowest BCUT2D eigenvalue weighted by molar-refractivity contribution is -0.127.